The summed E-state index contributed by atoms with van der Waals surface area (Å²) >= 11 is 0. The van der Waals surface area contributed by atoms with Crippen LogP contribution in [0.15, 0.2) is 0 Å². The van der Waals surface area contributed by atoms with Crippen molar-refractivity contribution in [1.82, 2.24) is 10.6 Å². The van der Waals surface area contributed by atoms with Crippen LogP contribution in [0.25, 0.3) is 0 Å². The van der Waals surface area contributed by atoms with Crippen molar-refractivity contribution in [2.45, 2.75) is 90.0 Å². The zero-order valence-corrected chi connectivity index (χ0v) is 13.6. The molecule has 2 N–H and O–H groups in total. The lowest BCUT2D eigenvalue weighted by Gasteiger charge is -2.19. The molecule has 0 bridgehead atoms. The van der Waals surface area contributed by atoms with Crippen LogP contribution in [0.3, 0.4) is 0 Å². The number of amides is 2. The summed E-state index contributed by atoms with van der Waals surface area (Å²) in [5.74, 6) is -0.941. The average Bonchev–Trinajstić information content (AvgIpc) is 2.47. The van der Waals surface area contributed by atoms with E-state index in [0.717, 1.165) is 32.1 Å². The molecule has 1 saturated carbocycles. The molecular formula is C17H32N2O2. The highest BCUT2D eigenvalue weighted by Gasteiger charge is 2.17. The first-order chi connectivity index (χ1) is 10.2. The maximum absolute atomic E-state index is 11.9. The fourth-order valence-corrected chi connectivity index (χ4v) is 2.88. The molecule has 0 aromatic heterocycles. The van der Waals surface area contributed by atoms with Crippen LogP contribution < -0.4 is 10.6 Å². The van der Waals surface area contributed by atoms with Gasteiger partial charge in [-0.1, -0.05) is 64.7 Å². The van der Waals surface area contributed by atoms with Gasteiger partial charge in [-0.25, -0.2) is 0 Å². The third-order valence-electron chi connectivity index (χ3n) is 4.18. The Labute approximate surface area is 129 Å². The average molecular weight is 296 g/mol. The van der Waals surface area contributed by atoms with Gasteiger partial charge in [0, 0.05) is 12.6 Å². The minimum absolute atomic E-state index is 0.171. The van der Waals surface area contributed by atoms with Crippen molar-refractivity contribution < 1.29 is 9.59 Å². The molecule has 0 spiro atoms. The molecule has 0 aromatic rings. The van der Waals surface area contributed by atoms with Crippen LogP contribution in [0.5, 0.6) is 0 Å². The highest BCUT2D eigenvalue weighted by molar-refractivity contribution is 6.35. The van der Waals surface area contributed by atoms with E-state index in [2.05, 4.69) is 10.6 Å². The lowest BCUT2D eigenvalue weighted by molar-refractivity contribution is -0.139. The number of carbonyl (C=O) groups is 2. The number of nitrogens with one attached hydrogen (secondary N) is 2. The second kappa shape index (κ2) is 11.6. The van der Waals surface area contributed by atoms with Gasteiger partial charge in [0.1, 0.15) is 0 Å². The van der Waals surface area contributed by atoms with Crippen LogP contribution >= 0.6 is 0 Å². The maximum atomic E-state index is 11.9. The zero-order valence-electron chi connectivity index (χ0n) is 13.6. The van der Waals surface area contributed by atoms with Crippen LogP contribution in [0.2, 0.25) is 0 Å². The second-order valence-electron chi connectivity index (χ2n) is 6.19. The molecule has 4 heteroatoms. The van der Waals surface area contributed by atoms with E-state index < -0.39 is 11.8 Å². The van der Waals surface area contributed by atoms with E-state index in [1.165, 1.54) is 44.9 Å². The third-order valence-corrected chi connectivity index (χ3v) is 4.18. The number of hydrogen-bond donors (Lipinski definition) is 2. The number of carbonyl (C=O) groups excluding carboxylic acids is 2. The van der Waals surface area contributed by atoms with E-state index in [1.807, 2.05) is 6.92 Å². The van der Waals surface area contributed by atoms with E-state index >= 15 is 0 Å². The molecule has 0 aromatic carbocycles. The molecule has 0 atom stereocenters. The summed E-state index contributed by atoms with van der Waals surface area (Å²) in [7, 11) is 0. The van der Waals surface area contributed by atoms with Gasteiger partial charge in [0.15, 0.2) is 0 Å². The largest absolute Gasteiger partial charge is 0.348 e. The summed E-state index contributed by atoms with van der Waals surface area (Å²) < 4.78 is 0. The van der Waals surface area contributed by atoms with Gasteiger partial charge in [0.25, 0.3) is 0 Å². The smallest absolute Gasteiger partial charge is 0.309 e. The van der Waals surface area contributed by atoms with Gasteiger partial charge < -0.3 is 10.6 Å². The lowest BCUT2D eigenvalue weighted by atomic mass is 9.98. The Kier molecular flexibility index (Phi) is 9.92. The summed E-state index contributed by atoms with van der Waals surface area (Å²) in [6, 6.07) is 0.171. The van der Waals surface area contributed by atoms with Crippen LogP contribution in [0, 0.1) is 0 Å². The van der Waals surface area contributed by atoms with Gasteiger partial charge in [-0.15, -0.1) is 0 Å². The van der Waals surface area contributed by atoms with Crippen molar-refractivity contribution in [3.05, 3.63) is 0 Å². The van der Waals surface area contributed by atoms with Crippen LogP contribution in [0.1, 0.15) is 84.0 Å². The van der Waals surface area contributed by atoms with Gasteiger partial charge in [0.2, 0.25) is 0 Å². The molecule has 21 heavy (non-hydrogen) atoms. The first-order valence-corrected chi connectivity index (χ1v) is 8.82. The molecule has 4 nitrogen and oxygen atoms in total. The molecular weight excluding hydrogens is 264 g/mol. The van der Waals surface area contributed by atoms with Gasteiger partial charge in [0.05, 0.1) is 0 Å². The van der Waals surface area contributed by atoms with Crippen molar-refractivity contribution in [2.24, 2.45) is 0 Å². The Bertz CT molecular complexity index is 293. The summed E-state index contributed by atoms with van der Waals surface area (Å²) in [6.45, 7) is 2.54. The Balaban J connectivity index is 2.36. The number of hydrogen-bond acceptors (Lipinski definition) is 2. The predicted octanol–water partition coefficient (Wildman–Crippen LogP) is 3.30. The van der Waals surface area contributed by atoms with E-state index in [0.29, 0.717) is 6.54 Å². The van der Waals surface area contributed by atoms with Crippen molar-refractivity contribution in [1.29, 1.82) is 0 Å². The van der Waals surface area contributed by atoms with Crippen molar-refractivity contribution in [3.8, 4) is 0 Å². The molecule has 1 aliphatic carbocycles. The molecule has 0 heterocycles. The van der Waals surface area contributed by atoms with E-state index in [1.54, 1.807) is 0 Å². The molecule has 0 unspecified atom stereocenters. The van der Waals surface area contributed by atoms with Gasteiger partial charge in [-0.3, -0.25) is 9.59 Å². The molecule has 0 radical (unpaired) electrons. The molecule has 122 valence electrons. The van der Waals surface area contributed by atoms with E-state index in [-0.39, 0.29) is 6.04 Å². The quantitative estimate of drug-likeness (QED) is 0.785. The normalized spacial score (nSPS) is 19.1. The van der Waals surface area contributed by atoms with Crippen molar-refractivity contribution in [3.63, 3.8) is 0 Å². The minimum Gasteiger partial charge on any atom is -0.348 e. The molecule has 1 aliphatic rings. The number of rotatable bonds is 3. The Hall–Kier alpha value is -1.06. The van der Waals surface area contributed by atoms with Crippen LogP contribution in [-0.2, 0) is 9.59 Å². The van der Waals surface area contributed by atoms with Crippen LogP contribution in [0.4, 0.5) is 0 Å². The van der Waals surface area contributed by atoms with E-state index in [9.17, 15) is 9.59 Å². The highest BCUT2D eigenvalue weighted by atomic mass is 16.2. The molecule has 1 fully saturated rings. The maximum Gasteiger partial charge on any atom is 0.309 e. The van der Waals surface area contributed by atoms with Crippen molar-refractivity contribution in [2.75, 3.05) is 6.54 Å². The zero-order chi connectivity index (χ0) is 15.3. The monoisotopic (exact) mass is 296 g/mol. The molecule has 2 amide bonds. The standard InChI is InChI=1S/C17H32N2O2/c1-2-14-18-16(20)17(21)19-15-12-10-8-6-4-3-5-7-9-11-13-15/h15H,2-14H2,1H3,(H,18,20)(H,19,21). The SMILES string of the molecule is CCCNC(=O)C(=O)NC1CCCCCCCCCCC1. The molecule has 0 aliphatic heterocycles. The highest BCUT2D eigenvalue weighted by Crippen LogP contribution is 2.16. The first-order valence-electron chi connectivity index (χ1n) is 8.82. The van der Waals surface area contributed by atoms with E-state index in [4.69, 9.17) is 0 Å². The third kappa shape index (κ3) is 8.74. The topological polar surface area (TPSA) is 58.2 Å². The summed E-state index contributed by atoms with van der Waals surface area (Å²) in [5.41, 5.74) is 0. The fraction of sp³-hybridized carbons (Fsp3) is 0.882. The van der Waals surface area contributed by atoms with Crippen LogP contribution in [-0.4, -0.2) is 24.4 Å². The minimum atomic E-state index is -0.483. The summed E-state index contributed by atoms with van der Waals surface area (Å²) in [5, 5.41) is 5.57. The Morgan fingerprint density at radius 1 is 0.810 bits per heavy atom. The second-order valence-corrected chi connectivity index (χ2v) is 6.19. The fourth-order valence-electron chi connectivity index (χ4n) is 2.88. The van der Waals surface area contributed by atoms with Gasteiger partial charge >= 0.3 is 11.8 Å². The Morgan fingerprint density at radius 2 is 1.29 bits per heavy atom. The molecule has 0 saturated heterocycles. The predicted molar refractivity (Wildman–Crippen MR) is 86.0 cm³/mol. The first kappa shape index (κ1) is 18.0. The lowest BCUT2D eigenvalue weighted by Crippen LogP contribution is -2.44. The van der Waals surface area contributed by atoms with Gasteiger partial charge in [-0.2, -0.15) is 0 Å². The molecule has 1 rings (SSSR count). The summed E-state index contributed by atoms with van der Waals surface area (Å²) in [6.07, 6.45) is 14.3. The van der Waals surface area contributed by atoms with Crippen molar-refractivity contribution >= 4 is 11.8 Å². The van der Waals surface area contributed by atoms with Gasteiger partial charge in [-0.05, 0) is 19.3 Å². The Morgan fingerprint density at radius 3 is 1.76 bits per heavy atom. The summed E-state index contributed by atoms with van der Waals surface area (Å²) in [4.78, 5) is 23.5.